The second-order valence-electron chi connectivity index (χ2n) is 2.23. The maximum Gasteiger partial charge on any atom is 0.374 e. The first-order valence-corrected chi connectivity index (χ1v) is 3.20. The van der Waals surface area contributed by atoms with Gasteiger partial charge < -0.3 is 5.11 Å². The van der Waals surface area contributed by atoms with Crippen LogP contribution in [0.15, 0.2) is 24.3 Å². The molecule has 5 heteroatoms. The molecule has 0 radical (unpaired) electrons. The lowest BCUT2D eigenvalue weighted by Gasteiger charge is -1.84. The SMILES string of the molecule is C=C(C)C(=O)O.C=C(C)C(=O)OF. The number of hydrogen-bond donors (Lipinski definition) is 1. The Morgan fingerprint density at radius 1 is 1.23 bits per heavy atom. The molecular weight excluding hydrogens is 179 g/mol. The van der Waals surface area contributed by atoms with E-state index in [0.29, 0.717) is 0 Å². The van der Waals surface area contributed by atoms with Crippen molar-refractivity contribution in [3.63, 3.8) is 0 Å². The molecule has 0 aliphatic carbocycles. The Morgan fingerprint density at radius 3 is 1.54 bits per heavy atom. The van der Waals surface area contributed by atoms with Gasteiger partial charge >= 0.3 is 11.9 Å². The van der Waals surface area contributed by atoms with Crippen LogP contribution in [-0.4, -0.2) is 17.0 Å². The van der Waals surface area contributed by atoms with Crippen molar-refractivity contribution in [2.24, 2.45) is 0 Å². The number of aliphatic carboxylic acids is 1. The Kier molecular flexibility index (Phi) is 7.51. The number of carboxylic acid groups (broad SMARTS) is 1. The predicted octanol–water partition coefficient (Wildman–Crippen LogP) is 1.64. The van der Waals surface area contributed by atoms with E-state index >= 15 is 0 Å². The third-order valence-corrected chi connectivity index (χ3v) is 0.784. The molecule has 0 aliphatic rings. The minimum atomic E-state index is -1.01. The first-order chi connectivity index (χ1) is 5.82. The van der Waals surface area contributed by atoms with Crippen molar-refractivity contribution in [2.45, 2.75) is 13.8 Å². The molecular formula is C8H11FO4. The zero-order valence-electron chi connectivity index (χ0n) is 7.46. The summed E-state index contributed by atoms with van der Waals surface area (Å²) < 4.78 is 10.7. The maximum absolute atomic E-state index is 10.7. The van der Waals surface area contributed by atoms with Crippen LogP contribution in [0.5, 0.6) is 0 Å². The highest BCUT2D eigenvalue weighted by molar-refractivity contribution is 5.86. The monoisotopic (exact) mass is 190 g/mol. The van der Waals surface area contributed by atoms with Gasteiger partial charge in [0.05, 0.1) is 0 Å². The average Bonchev–Trinajstić information content (AvgIpc) is 2.03. The van der Waals surface area contributed by atoms with Crippen molar-refractivity contribution in [3.8, 4) is 0 Å². The Bertz CT molecular complexity index is 220. The van der Waals surface area contributed by atoms with Crippen LogP contribution in [0.25, 0.3) is 0 Å². The van der Waals surface area contributed by atoms with Gasteiger partial charge in [0, 0.05) is 15.7 Å². The molecule has 74 valence electrons. The Morgan fingerprint density at radius 2 is 1.54 bits per heavy atom. The summed E-state index contributed by atoms with van der Waals surface area (Å²) in [5, 5.41) is 7.89. The highest BCUT2D eigenvalue weighted by atomic mass is 19.3. The highest BCUT2D eigenvalue weighted by Crippen LogP contribution is 1.89. The van der Waals surface area contributed by atoms with Gasteiger partial charge in [-0.3, -0.25) is 0 Å². The maximum atomic E-state index is 10.7. The number of hydrogen-bond acceptors (Lipinski definition) is 3. The smallest absolute Gasteiger partial charge is 0.374 e. The van der Waals surface area contributed by atoms with Crippen LogP contribution < -0.4 is 0 Å². The lowest BCUT2D eigenvalue weighted by molar-refractivity contribution is -0.178. The molecule has 0 fully saturated rings. The summed E-state index contributed by atoms with van der Waals surface area (Å²) in [6.45, 7) is 9.08. The molecule has 0 amide bonds. The zero-order valence-corrected chi connectivity index (χ0v) is 7.46. The largest absolute Gasteiger partial charge is 0.478 e. The van der Waals surface area contributed by atoms with E-state index in [2.05, 4.69) is 18.1 Å². The molecule has 0 unspecified atom stereocenters. The zero-order chi connectivity index (χ0) is 11.0. The van der Waals surface area contributed by atoms with E-state index in [1.54, 1.807) is 0 Å². The topological polar surface area (TPSA) is 63.6 Å². The minimum absolute atomic E-state index is 0.0579. The van der Waals surface area contributed by atoms with Gasteiger partial charge in [-0.25, -0.2) is 14.5 Å². The van der Waals surface area contributed by atoms with Gasteiger partial charge in [-0.1, -0.05) is 13.2 Å². The summed E-state index contributed by atoms with van der Waals surface area (Å²) in [4.78, 5) is 22.2. The molecule has 1 N–H and O–H groups in total. The quantitative estimate of drug-likeness (QED) is 0.672. The third-order valence-electron chi connectivity index (χ3n) is 0.784. The molecule has 13 heavy (non-hydrogen) atoms. The Balaban J connectivity index is 0. The van der Waals surface area contributed by atoms with E-state index in [-0.39, 0.29) is 11.1 Å². The van der Waals surface area contributed by atoms with E-state index in [0.717, 1.165) is 0 Å². The molecule has 0 saturated carbocycles. The van der Waals surface area contributed by atoms with Crippen LogP contribution >= 0.6 is 0 Å². The fourth-order valence-corrected chi connectivity index (χ4v) is 0.0659. The normalized spacial score (nSPS) is 7.62. The number of halogens is 1. The van der Waals surface area contributed by atoms with Crippen molar-refractivity contribution in [1.82, 2.24) is 0 Å². The van der Waals surface area contributed by atoms with Gasteiger partial charge in [0.15, 0.2) is 0 Å². The molecule has 0 atom stereocenters. The van der Waals surface area contributed by atoms with Gasteiger partial charge in [0.1, 0.15) is 0 Å². The van der Waals surface area contributed by atoms with Crippen LogP contribution in [-0.2, 0) is 14.5 Å². The second-order valence-corrected chi connectivity index (χ2v) is 2.23. The minimum Gasteiger partial charge on any atom is -0.478 e. The van der Waals surface area contributed by atoms with Crippen molar-refractivity contribution in [2.75, 3.05) is 0 Å². The third kappa shape index (κ3) is 10.4. The van der Waals surface area contributed by atoms with Crippen molar-refractivity contribution >= 4 is 11.9 Å². The fourth-order valence-electron chi connectivity index (χ4n) is 0.0659. The van der Waals surface area contributed by atoms with Crippen LogP contribution in [0.3, 0.4) is 0 Å². The Hall–Kier alpha value is -1.65. The molecule has 0 aromatic heterocycles. The molecule has 0 aromatic carbocycles. The lowest BCUT2D eigenvalue weighted by atomic mass is 10.4. The summed E-state index contributed by atoms with van der Waals surface area (Å²) in [6.07, 6.45) is 0. The predicted molar refractivity (Wildman–Crippen MR) is 44.5 cm³/mol. The second kappa shape index (κ2) is 7.02. The fraction of sp³-hybridized carbons (Fsp3) is 0.250. The molecule has 0 heterocycles. The number of carboxylic acids is 1. The molecule has 4 nitrogen and oxygen atoms in total. The lowest BCUT2D eigenvalue weighted by Crippen LogP contribution is -1.95. The van der Waals surface area contributed by atoms with E-state index < -0.39 is 11.9 Å². The molecule has 0 rings (SSSR count). The molecule has 0 spiro atoms. The summed E-state index contributed by atoms with van der Waals surface area (Å²) >= 11 is 0. The van der Waals surface area contributed by atoms with Crippen molar-refractivity contribution in [3.05, 3.63) is 24.3 Å². The molecule has 0 bridgehead atoms. The van der Waals surface area contributed by atoms with Crippen LogP contribution in [0, 0.1) is 0 Å². The average molecular weight is 190 g/mol. The van der Waals surface area contributed by atoms with E-state index in [9.17, 15) is 14.1 Å². The standard InChI is InChI=1S/C4H5FO2.C4H6O2/c1-3(2)4(6)7-5;1-3(2)4(5)6/h1H2,2H3;1H2,2H3,(H,5,6). The van der Waals surface area contributed by atoms with Gasteiger partial charge in [-0.05, 0) is 13.8 Å². The molecule has 0 saturated heterocycles. The number of carbonyl (C=O) groups is 2. The van der Waals surface area contributed by atoms with Gasteiger partial charge in [0.2, 0.25) is 0 Å². The van der Waals surface area contributed by atoms with Gasteiger partial charge in [0.25, 0.3) is 0 Å². The van der Waals surface area contributed by atoms with Crippen LogP contribution in [0.2, 0.25) is 0 Å². The highest BCUT2D eigenvalue weighted by Gasteiger charge is 1.99. The van der Waals surface area contributed by atoms with Crippen LogP contribution in [0.4, 0.5) is 4.53 Å². The Labute approximate surface area is 75.2 Å². The van der Waals surface area contributed by atoms with Crippen molar-refractivity contribution < 1.29 is 24.2 Å². The summed E-state index contributed by atoms with van der Waals surface area (Å²) in [5.74, 6) is -1.95. The van der Waals surface area contributed by atoms with E-state index in [1.165, 1.54) is 13.8 Å². The summed E-state index contributed by atoms with van der Waals surface area (Å²) in [7, 11) is 0. The van der Waals surface area contributed by atoms with Crippen molar-refractivity contribution in [1.29, 1.82) is 0 Å². The summed E-state index contributed by atoms with van der Waals surface area (Å²) in [5.41, 5.74) is 0.234. The van der Waals surface area contributed by atoms with E-state index in [1.807, 2.05) is 0 Å². The molecule has 0 aromatic rings. The number of rotatable bonds is 2. The van der Waals surface area contributed by atoms with Gasteiger partial charge in [-0.15, -0.1) is 0 Å². The number of carbonyl (C=O) groups excluding carboxylic acids is 1. The summed E-state index contributed by atoms with van der Waals surface area (Å²) in [6, 6.07) is 0. The first-order valence-electron chi connectivity index (χ1n) is 3.20. The van der Waals surface area contributed by atoms with Gasteiger partial charge in [-0.2, -0.15) is 0 Å². The molecule has 0 aliphatic heterocycles. The first kappa shape index (κ1) is 13.9. The van der Waals surface area contributed by atoms with Crippen LogP contribution in [0.1, 0.15) is 13.8 Å². The van der Waals surface area contributed by atoms with E-state index in [4.69, 9.17) is 5.11 Å².